The molecular weight excluding hydrogens is 1950 g/mol. The zero-order valence-electron chi connectivity index (χ0n) is 74.0. The minimum absolute atomic E-state index is 0. The van der Waals surface area contributed by atoms with E-state index in [1.807, 2.05) is 0 Å². The lowest BCUT2D eigenvalue weighted by molar-refractivity contribution is -0.0555. The number of nitrogens with two attached hydrogens (primary N) is 7. The van der Waals surface area contributed by atoms with Gasteiger partial charge in [-0.05, 0) is 18.2 Å². The van der Waals surface area contributed by atoms with Gasteiger partial charge in [-0.25, -0.2) is 74.2 Å². The van der Waals surface area contributed by atoms with E-state index in [2.05, 4.69) is 74.8 Å². The quantitative estimate of drug-likeness (QED) is 0.0251. The molecule has 7 fully saturated rings. The third-order valence-corrected chi connectivity index (χ3v) is 31.2. The SMILES string of the molecule is C[P@](=O)(OC[C@H]1O[C@@H](n2cnc3c(N)ncnc32)C[C@@H]1O[P@](C)(=O)OC[C@H]1O[C@@H](n2ccc(N)nc2=O)C[C@@H]1O[P@](C)(=O)OC[C@H]1O[C@@H](n2cnc3c(N)ncnc32)C[C@@H]1O)O[C@H]1C[C@H](n2cnc3c(N)ncnc32)O[C@@H]1CO[P@@](C)(=O)O[C@H]1C[C@H](n2cnc3c(N)ncnc32)O[C@@H]1CO[P@@](C)(=O)O[C@H]1C[C@H](n2ccc(N)nc2=O)O[C@@H]1CO[P@@](C)(=O)O[C@H]1C[C@H](n2ccc(N)nc2=O)O[C@@H]1CO.[HH]. The highest BCUT2D eigenvalue weighted by molar-refractivity contribution is 7.54. The van der Waals surface area contributed by atoms with Crippen LogP contribution < -0.4 is 57.2 Å². The largest absolute Gasteiger partial charge is 0.394 e. The van der Waals surface area contributed by atoms with Crippen molar-refractivity contribution in [1.82, 2.24) is 107 Å². The van der Waals surface area contributed by atoms with E-state index in [0.29, 0.717) is 11.2 Å². The van der Waals surface area contributed by atoms with Crippen LogP contribution in [0.3, 0.4) is 0 Å². The summed E-state index contributed by atoms with van der Waals surface area (Å²) in [5.41, 5.74) is 41.6. The molecular formula is C73H99N29O30P6. The van der Waals surface area contributed by atoms with E-state index < -0.39 is 238 Å². The number of aliphatic hydroxyl groups is 2. The van der Waals surface area contributed by atoms with Crippen LogP contribution in [0.5, 0.6) is 0 Å². The second kappa shape index (κ2) is 39.5. The molecule has 18 rings (SSSR count). The number of hydrogen-bond acceptors (Lipinski definition) is 52. The number of hydrogen-bond donors (Lipinski definition) is 9. The van der Waals surface area contributed by atoms with Crippen molar-refractivity contribution in [3.63, 3.8) is 0 Å². The fourth-order valence-corrected chi connectivity index (χ4v) is 24.2. The Labute approximate surface area is 780 Å². The maximum Gasteiger partial charge on any atom is 0.351 e. The van der Waals surface area contributed by atoms with E-state index in [1.165, 1.54) is 108 Å². The molecule has 0 amide bonds. The van der Waals surface area contributed by atoms with Crippen LogP contribution in [0, 0.1) is 0 Å². The molecule has 0 bridgehead atoms. The third kappa shape index (κ3) is 21.7. The van der Waals surface area contributed by atoms with E-state index in [-0.39, 0.29) is 121 Å². The number of anilines is 7. The Bertz CT molecular complexity index is 6870. The lowest BCUT2D eigenvalue weighted by Gasteiger charge is -2.28. The fourth-order valence-electron chi connectivity index (χ4n) is 17.0. The van der Waals surface area contributed by atoms with Crippen LogP contribution in [0.1, 0.15) is 90.0 Å². The number of nitrogen functional groups attached to an aromatic ring is 7. The lowest BCUT2D eigenvalue weighted by atomic mass is 10.2. The Morgan fingerprint density at radius 3 is 0.768 bits per heavy atom. The summed E-state index contributed by atoms with van der Waals surface area (Å²) in [6.45, 7) is 2.84. The molecule has 11 aromatic rings. The van der Waals surface area contributed by atoms with Gasteiger partial charge in [-0.3, -0.25) is 59.4 Å². The van der Waals surface area contributed by atoms with Gasteiger partial charge >= 0.3 is 62.6 Å². The van der Waals surface area contributed by atoms with E-state index in [9.17, 15) is 38.3 Å². The number of ether oxygens (including phenoxy) is 7. The van der Waals surface area contributed by atoms with Gasteiger partial charge in [-0.15, -0.1) is 0 Å². The summed E-state index contributed by atoms with van der Waals surface area (Å²) >= 11 is 0. The standard InChI is InChI=1S/C73H97N29O30P6.H2/c1-133(108,114-21-43-35(104)13-52(121-43)99-31-89-59-63(77)81-27-85-67(59)99)128-37-15-54(97-11-8-50(75)94-72(97)106)123-45(37)23-116-136(4,111)130-39-17-56(100-32-90-60-64(78)82-28-86-68(60)100)125-47(39)25-118-138(6,113)132-41-19-58(102-34-92-62-66(80)84-30-88-70(62)102)126-48(41)26-119-137(5,112)131-40-18-57(101-33-91-61-65(79)83-29-87-69(61)101)124-46(40)24-117-135(3,110)129-38-16-55(98-12-9-51(76)95-73(98)107)122-44(38)22-115-134(2,109)127-36-14-53(120-42(36)20-103)96-10-7-49(74)93-71(96)105;/h7-12,27-48,52-58,103-104H,13-26H2,1-6H3,(H2,74,93,105)(H2,75,94,106)(H2,76,95,107)(H2,77,81,85)(H2,78,82,86)(H2,79,83,87)(H2,80,84,88);1H/t35-,36-,37-,38-,39-,40-,41-,42+,43+,44+,45+,46+,47+,48+,52+,53+,54+,55+,56+,57+,58+,133+,134+,135+,136+,137+,138-;/m0./s1. The topological polar surface area (TPSA) is 779 Å². The van der Waals surface area contributed by atoms with Gasteiger partial charge in [0, 0.05) is 105 Å². The number of aliphatic hydroxyl groups excluding tert-OH is 2. The van der Waals surface area contributed by atoms with Crippen molar-refractivity contribution < 1.29 is 126 Å². The summed E-state index contributed by atoms with van der Waals surface area (Å²) in [5.74, 6) is 0.00159. The van der Waals surface area contributed by atoms with Crippen molar-refractivity contribution in [2.24, 2.45) is 0 Å². The minimum atomic E-state index is -4.45. The van der Waals surface area contributed by atoms with Gasteiger partial charge in [0.2, 0.25) is 0 Å². The normalized spacial score (nSPS) is 30.0. The number of aromatic nitrogens is 22. The summed E-state index contributed by atoms with van der Waals surface area (Å²) in [6, 6.07) is 4.07. The summed E-state index contributed by atoms with van der Waals surface area (Å²) in [7, 11) is -26.1. The first kappa shape index (κ1) is 98.2. The van der Waals surface area contributed by atoms with Crippen LogP contribution >= 0.6 is 45.6 Å². The van der Waals surface area contributed by atoms with Crippen LogP contribution in [-0.4, -0.2) is 289 Å². The average molecular weight is 2050 g/mol. The molecule has 65 heteroatoms. The van der Waals surface area contributed by atoms with E-state index in [1.54, 1.807) is 4.57 Å². The van der Waals surface area contributed by atoms with Gasteiger partial charge in [0.15, 0.2) is 45.9 Å². The van der Waals surface area contributed by atoms with E-state index in [4.69, 9.17) is 128 Å². The fraction of sp³-hybridized carbons (Fsp3) is 0.562. The Morgan fingerprint density at radius 1 is 0.319 bits per heavy atom. The first-order valence-corrected chi connectivity index (χ1v) is 54.6. The van der Waals surface area contributed by atoms with E-state index >= 15 is 13.7 Å². The Kier molecular flexibility index (Phi) is 28.1. The summed E-state index contributed by atoms with van der Waals surface area (Å²) < 4.78 is 217. The number of fused-ring (bicyclic) bond motifs is 4. The molecule has 11 aromatic heterocycles. The van der Waals surface area contributed by atoms with E-state index in [0.717, 1.165) is 47.0 Å². The zero-order chi connectivity index (χ0) is 97.4. The highest BCUT2D eigenvalue weighted by Crippen LogP contribution is 2.58. The molecule has 746 valence electrons. The molecule has 7 aliphatic heterocycles. The predicted molar refractivity (Wildman–Crippen MR) is 479 cm³/mol. The highest BCUT2D eigenvalue weighted by Gasteiger charge is 2.52. The third-order valence-electron chi connectivity index (χ3n) is 23.5. The molecule has 0 unspecified atom stereocenters. The number of nitrogens with zero attached hydrogens (tertiary/aromatic N) is 22. The molecule has 0 aliphatic carbocycles. The maximum atomic E-state index is 15.3. The molecule has 16 N–H and O–H groups in total. The second-order valence-corrected chi connectivity index (χ2v) is 45.6. The van der Waals surface area contributed by atoms with Crippen molar-refractivity contribution in [3.05, 3.63) is 119 Å². The molecule has 0 aromatic carbocycles. The van der Waals surface area contributed by atoms with Crippen molar-refractivity contribution in [3.8, 4) is 0 Å². The minimum Gasteiger partial charge on any atom is -0.394 e. The summed E-state index contributed by atoms with van der Waals surface area (Å²) in [4.78, 5) is 102. The second-order valence-electron chi connectivity index (χ2n) is 33.5. The van der Waals surface area contributed by atoms with Crippen molar-refractivity contribution in [1.29, 1.82) is 0 Å². The van der Waals surface area contributed by atoms with Crippen LogP contribution in [-0.2, 0) is 115 Å². The molecule has 7 aliphatic rings. The molecule has 138 heavy (non-hydrogen) atoms. The van der Waals surface area contributed by atoms with Crippen molar-refractivity contribution in [2.45, 2.75) is 174 Å². The van der Waals surface area contributed by atoms with Gasteiger partial charge in [0.1, 0.15) is 151 Å². The Balaban J connectivity index is 0.0000133. The predicted octanol–water partition coefficient (Wildman–Crippen LogP) is 3.15. The monoisotopic (exact) mass is 2050 g/mol. The Hall–Kier alpha value is -10.0. The molecule has 59 nitrogen and oxygen atoms in total. The molecule has 27 atom stereocenters. The highest BCUT2D eigenvalue weighted by atomic mass is 31.2. The number of rotatable bonds is 38. The van der Waals surface area contributed by atoms with Crippen LogP contribution in [0.2, 0.25) is 0 Å². The average Bonchev–Trinajstić information content (AvgIpc) is 1.65. The van der Waals surface area contributed by atoms with Crippen LogP contribution in [0.25, 0.3) is 44.7 Å². The molecule has 7 saturated heterocycles. The van der Waals surface area contributed by atoms with Crippen molar-refractivity contribution in [2.75, 3.05) is 126 Å². The summed E-state index contributed by atoms with van der Waals surface area (Å²) in [6.07, 6.45) is -10.8. The van der Waals surface area contributed by atoms with Crippen LogP contribution in [0.4, 0.5) is 40.7 Å². The Morgan fingerprint density at radius 2 is 0.529 bits per heavy atom. The van der Waals surface area contributed by atoms with Gasteiger partial charge in [-0.1, -0.05) is 0 Å². The first-order chi connectivity index (χ1) is 65.6. The molecule has 0 saturated carbocycles. The van der Waals surface area contributed by atoms with Gasteiger partial charge in [0.05, 0.1) is 114 Å². The zero-order valence-corrected chi connectivity index (χ0v) is 79.4. The number of imidazole rings is 4. The van der Waals surface area contributed by atoms with Gasteiger partial charge in [-0.2, -0.15) is 15.0 Å². The maximum absolute atomic E-state index is 15.3. The first-order valence-electron chi connectivity index (χ1n) is 42.7. The van der Waals surface area contributed by atoms with Gasteiger partial charge in [0.25, 0.3) is 0 Å². The van der Waals surface area contributed by atoms with Crippen LogP contribution in [0.15, 0.2) is 102 Å². The summed E-state index contributed by atoms with van der Waals surface area (Å²) in [5, 5.41) is 21.5. The smallest absolute Gasteiger partial charge is 0.351 e. The molecule has 18 heterocycles. The van der Waals surface area contributed by atoms with Crippen molar-refractivity contribution >= 4 is 131 Å². The van der Waals surface area contributed by atoms with Gasteiger partial charge < -0.3 is 138 Å². The molecule has 0 spiro atoms. The lowest BCUT2D eigenvalue weighted by Crippen LogP contribution is -2.32. The molecule has 0 radical (unpaired) electrons.